The largest absolute Gasteiger partial charge is 0.397 e. The molecule has 0 amide bonds. The number of likely N-dealkylation sites (tertiary alicyclic amines) is 1. The van der Waals surface area contributed by atoms with E-state index in [0.717, 1.165) is 47.6 Å². The van der Waals surface area contributed by atoms with Crippen molar-refractivity contribution in [3.8, 4) is 0 Å². The summed E-state index contributed by atoms with van der Waals surface area (Å²) >= 11 is 3.52. The Morgan fingerprint density at radius 1 is 1.39 bits per heavy atom. The Hall–Kier alpha value is -1.07. The molecule has 2 aromatic heterocycles. The molecule has 0 aliphatic carbocycles. The number of pyridine rings is 1. The average Bonchev–Trinajstić information content (AvgIpc) is 2.69. The third-order valence-corrected chi connectivity index (χ3v) is 4.32. The van der Waals surface area contributed by atoms with Crippen molar-refractivity contribution in [3.05, 3.63) is 28.8 Å². The highest BCUT2D eigenvalue weighted by molar-refractivity contribution is 9.10. The van der Waals surface area contributed by atoms with Crippen LogP contribution in [-0.4, -0.2) is 34.4 Å². The molecule has 2 aromatic rings. The van der Waals surface area contributed by atoms with Crippen molar-refractivity contribution in [2.45, 2.75) is 18.8 Å². The van der Waals surface area contributed by atoms with Gasteiger partial charge < -0.3 is 15.0 Å². The predicted octanol–water partition coefficient (Wildman–Crippen LogP) is 2.49. The number of anilines is 1. The van der Waals surface area contributed by atoms with Crippen LogP contribution in [0.3, 0.4) is 0 Å². The van der Waals surface area contributed by atoms with Crippen molar-refractivity contribution < 1.29 is 0 Å². The Labute approximate surface area is 115 Å². The number of halogens is 1. The zero-order valence-corrected chi connectivity index (χ0v) is 12.0. The van der Waals surface area contributed by atoms with Gasteiger partial charge in [-0.15, -0.1) is 0 Å². The lowest BCUT2D eigenvalue weighted by molar-refractivity contribution is 0.251. The van der Waals surface area contributed by atoms with Gasteiger partial charge in [-0.25, -0.2) is 4.98 Å². The van der Waals surface area contributed by atoms with Crippen LogP contribution in [0.25, 0.3) is 5.52 Å². The fourth-order valence-corrected chi connectivity index (χ4v) is 3.30. The number of nitrogen functional groups attached to an aromatic ring is 1. The summed E-state index contributed by atoms with van der Waals surface area (Å²) in [5.74, 6) is 1.67. The monoisotopic (exact) mass is 308 g/mol. The topological polar surface area (TPSA) is 46.6 Å². The second-order valence-corrected chi connectivity index (χ2v) is 5.77. The fourth-order valence-electron chi connectivity index (χ4n) is 2.70. The molecule has 0 aromatic carbocycles. The SMILES string of the molecule is CN1CCC(c2nc(Br)c3c(N)cccn23)CC1. The highest BCUT2D eigenvalue weighted by Gasteiger charge is 2.23. The molecule has 2 N–H and O–H groups in total. The molecule has 0 atom stereocenters. The third kappa shape index (κ3) is 1.91. The Morgan fingerprint density at radius 3 is 2.83 bits per heavy atom. The molecule has 1 aliphatic rings. The quantitative estimate of drug-likeness (QED) is 0.880. The third-order valence-electron chi connectivity index (χ3n) is 3.76. The van der Waals surface area contributed by atoms with Crippen LogP contribution in [0.1, 0.15) is 24.6 Å². The maximum absolute atomic E-state index is 6.02. The minimum atomic E-state index is 0.529. The number of aromatic nitrogens is 2. The summed E-state index contributed by atoms with van der Waals surface area (Å²) in [5, 5.41) is 0. The van der Waals surface area contributed by atoms with Crippen molar-refractivity contribution in [3.63, 3.8) is 0 Å². The zero-order chi connectivity index (χ0) is 12.7. The van der Waals surface area contributed by atoms with Crippen molar-refractivity contribution in [1.82, 2.24) is 14.3 Å². The molecule has 18 heavy (non-hydrogen) atoms. The van der Waals surface area contributed by atoms with Gasteiger partial charge in [0, 0.05) is 12.1 Å². The number of nitrogens with two attached hydrogens (primary N) is 1. The molecule has 0 bridgehead atoms. The highest BCUT2D eigenvalue weighted by atomic mass is 79.9. The Morgan fingerprint density at radius 2 is 2.11 bits per heavy atom. The van der Waals surface area contributed by atoms with Gasteiger partial charge in [-0.2, -0.15) is 0 Å². The lowest BCUT2D eigenvalue weighted by atomic mass is 9.96. The smallest absolute Gasteiger partial charge is 0.134 e. The van der Waals surface area contributed by atoms with E-state index in [2.05, 4.69) is 43.5 Å². The molecule has 0 unspecified atom stereocenters. The van der Waals surface area contributed by atoms with E-state index >= 15 is 0 Å². The van der Waals surface area contributed by atoms with Gasteiger partial charge in [0.25, 0.3) is 0 Å². The number of rotatable bonds is 1. The average molecular weight is 309 g/mol. The first-order chi connectivity index (χ1) is 8.66. The first-order valence-corrected chi connectivity index (χ1v) is 7.06. The van der Waals surface area contributed by atoms with Gasteiger partial charge in [-0.3, -0.25) is 0 Å². The standard InChI is InChI=1S/C13H17BrN4/c1-17-7-4-9(5-8-17)13-16-12(14)11-10(15)3-2-6-18(11)13/h2-3,6,9H,4-5,7-8,15H2,1H3. The minimum Gasteiger partial charge on any atom is -0.397 e. The van der Waals surface area contributed by atoms with Crippen molar-refractivity contribution in [2.24, 2.45) is 0 Å². The molecular formula is C13H17BrN4. The van der Waals surface area contributed by atoms with E-state index in [0.29, 0.717) is 5.92 Å². The molecule has 0 saturated carbocycles. The fraction of sp³-hybridized carbons (Fsp3) is 0.462. The summed E-state index contributed by atoms with van der Waals surface area (Å²) in [4.78, 5) is 7.05. The van der Waals surface area contributed by atoms with Crippen LogP contribution in [0, 0.1) is 0 Å². The van der Waals surface area contributed by atoms with E-state index in [-0.39, 0.29) is 0 Å². The lowest BCUT2D eigenvalue weighted by Gasteiger charge is -2.28. The van der Waals surface area contributed by atoms with Crippen molar-refractivity contribution >= 4 is 27.1 Å². The summed E-state index contributed by atoms with van der Waals surface area (Å²) < 4.78 is 2.99. The Kier molecular flexibility index (Phi) is 3.03. The maximum Gasteiger partial charge on any atom is 0.134 e. The molecule has 0 spiro atoms. The summed E-state index contributed by atoms with van der Waals surface area (Å²) in [7, 11) is 2.17. The molecule has 4 nitrogen and oxygen atoms in total. The van der Waals surface area contributed by atoms with Crippen LogP contribution < -0.4 is 5.73 Å². The number of nitrogens with zero attached hydrogens (tertiary/aromatic N) is 3. The highest BCUT2D eigenvalue weighted by Crippen LogP contribution is 2.32. The van der Waals surface area contributed by atoms with Gasteiger partial charge >= 0.3 is 0 Å². The van der Waals surface area contributed by atoms with Crippen LogP contribution >= 0.6 is 15.9 Å². The summed E-state index contributed by atoms with van der Waals surface area (Å²) in [5.41, 5.74) is 7.79. The normalized spacial score (nSPS) is 18.6. The van der Waals surface area contributed by atoms with Crippen LogP contribution in [0.5, 0.6) is 0 Å². The van der Waals surface area contributed by atoms with Gasteiger partial charge in [0.2, 0.25) is 0 Å². The second kappa shape index (κ2) is 4.55. The molecule has 96 valence electrons. The lowest BCUT2D eigenvalue weighted by Crippen LogP contribution is -2.29. The van der Waals surface area contributed by atoms with E-state index in [4.69, 9.17) is 5.73 Å². The molecule has 3 heterocycles. The molecule has 1 saturated heterocycles. The summed E-state index contributed by atoms with van der Waals surface area (Å²) in [6.45, 7) is 2.28. The van der Waals surface area contributed by atoms with Crippen LogP contribution in [-0.2, 0) is 0 Å². The van der Waals surface area contributed by atoms with Crippen molar-refractivity contribution in [1.29, 1.82) is 0 Å². The van der Waals surface area contributed by atoms with Gasteiger partial charge in [0.1, 0.15) is 15.9 Å². The number of piperidine rings is 1. The molecule has 5 heteroatoms. The van der Waals surface area contributed by atoms with Gasteiger partial charge in [0.05, 0.1) is 5.69 Å². The number of imidazole rings is 1. The van der Waals surface area contributed by atoms with E-state index in [1.807, 2.05) is 12.1 Å². The van der Waals surface area contributed by atoms with Crippen LogP contribution in [0.15, 0.2) is 22.9 Å². The van der Waals surface area contributed by atoms with Gasteiger partial charge in [-0.05, 0) is 61.0 Å². The molecule has 1 aliphatic heterocycles. The van der Waals surface area contributed by atoms with Gasteiger partial charge in [-0.1, -0.05) is 0 Å². The molecule has 3 rings (SSSR count). The second-order valence-electron chi connectivity index (χ2n) is 5.02. The van der Waals surface area contributed by atoms with E-state index in [9.17, 15) is 0 Å². The summed E-state index contributed by atoms with van der Waals surface area (Å²) in [6, 6.07) is 3.90. The van der Waals surface area contributed by atoms with Crippen LogP contribution in [0.2, 0.25) is 0 Å². The first-order valence-electron chi connectivity index (χ1n) is 6.27. The predicted molar refractivity (Wildman–Crippen MR) is 76.8 cm³/mol. The van der Waals surface area contributed by atoms with E-state index in [1.165, 1.54) is 0 Å². The number of hydrogen-bond acceptors (Lipinski definition) is 3. The minimum absolute atomic E-state index is 0.529. The Balaban J connectivity index is 2.05. The number of hydrogen-bond donors (Lipinski definition) is 1. The number of fused-ring (bicyclic) bond motifs is 1. The van der Waals surface area contributed by atoms with Gasteiger partial charge in [0.15, 0.2) is 0 Å². The molecule has 0 radical (unpaired) electrons. The van der Waals surface area contributed by atoms with E-state index in [1.54, 1.807) is 0 Å². The zero-order valence-electron chi connectivity index (χ0n) is 10.4. The first kappa shape index (κ1) is 12.0. The van der Waals surface area contributed by atoms with Crippen LogP contribution in [0.4, 0.5) is 5.69 Å². The molecule has 1 fully saturated rings. The molecular weight excluding hydrogens is 292 g/mol. The maximum atomic E-state index is 6.02. The Bertz CT molecular complexity index is 570. The van der Waals surface area contributed by atoms with Crippen molar-refractivity contribution in [2.75, 3.05) is 25.9 Å². The summed E-state index contributed by atoms with van der Waals surface area (Å²) in [6.07, 6.45) is 4.38. The van der Waals surface area contributed by atoms with E-state index < -0.39 is 0 Å².